The molecule has 0 saturated carbocycles. The van der Waals surface area contributed by atoms with Gasteiger partial charge in [0.05, 0.1) is 4.88 Å². The molecule has 0 aliphatic carbocycles. The molecule has 5 heteroatoms. The molecule has 2 N–H and O–H groups in total. The zero-order valence-electron chi connectivity index (χ0n) is 10.7. The molecule has 1 amide bonds. The largest absolute Gasteiger partial charge is 0.396 e. The third-order valence-corrected chi connectivity index (χ3v) is 3.82. The van der Waals surface area contributed by atoms with Crippen molar-refractivity contribution < 1.29 is 14.7 Å². The number of amides is 1. The Morgan fingerprint density at radius 3 is 2.67 bits per heavy atom. The summed E-state index contributed by atoms with van der Waals surface area (Å²) in [5, 5.41) is 13.6. The maximum Gasteiger partial charge on any atom is 0.220 e. The van der Waals surface area contributed by atoms with Crippen molar-refractivity contribution >= 4 is 23.0 Å². The van der Waals surface area contributed by atoms with E-state index in [-0.39, 0.29) is 43.1 Å². The van der Waals surface area contributed by atoms with E-state index in [1.165, 1.54) is 11.3 Å². The number of carbonyl (C=O) groups is 2. The lowest BCUT2D eigenvalue weighted by Crippen LogP contribution is -2.38. The molecular weight excluding hydrogens is 250 g/mol. The van der Waals surface area contributed by atoms with Crippen LogP contribution < -0.4 is 5.32 Å². The Balaban J connectivity index is 2.31. The van der Waals surface area contributed by atoms with Crippen molar-refractivity contribution in [2.24, 2.45) is 5.92 Å². The smallest absolute Gasteiger partial charge is 0.220 e. The Hall–Kier alpha value is -1.20. The van der Waals surface area contributed by atoms with Crippen LogP contribution in [0.15, 0.2) is 17.5 Å². The van der Waals surface area contributed by atoms with Crippen LogP contribution in [0.3, 0.4) is 0 Å². The average Bonchev–Trinajstić information content (AvgIpc) is 2.88. The molecule has 2 unspecified atom stereocenters. The first kappa shape index (κ1) is 14.9. The number of rotatable bonds is 7. The Morgan fingerprint density at radius 2 is 2.11 bits per heavy atom. The minimum absolute atomic E-state index is 0.00279. The van der Waals surface area contributed by atoms with Gasteiger partial charge in [0.25, 0.3) is 0 Å². The Kier molecular flexibility index (Phi) is 6.01. The number of aliphatic hydroxyl groups excluding tert-OH is 1. The quantitative estimate of drug-likeness (QED) is 0.742. The molecule has 0 saturated heterocycles. The molecule has 18 heavy (non-hydrogen) atoms. The fourth-order valence-electron chi connectivity index (χ4n) is 1.41. The van der Waals surface area contributed by atoms with Gasteiger partial charge in [-0.25, -0.2) is 0 Å². The number of carbonyl (C=O) groups excluding carboxylic acids is 2. The number of thiophene rings is 1. The van der Waals surface area contributed by atoms with E-state index in [4.69, 9.17) is 5.11 Å². The van der Waals surface area contributed by atoms with Gasteiger partial charge in [0.2, 0.25) is 5.91 Å². The first-order valence-corrected chi connectivity index (χ1v) is 6.89. The fourth-order valence-corrected chi connectivity index (χ4v) is 2.11. The van der Waals surface area contributed by atoms with Gasteiger partial charge in [-0.3, -0.25) is 9.59 Å². The van der Waals surface area contributed by atoms with Crippen molar-refractivity contribution in [1.82, 2.24) is 5.32 Å². The second-order valence-electron chi connectivity index (χ2n) is 4.42. The van der Waals surface area contributed by atoms with Crippen molar-refractivity contribution in [2.45, 2.75) is 32.7 Å². The standard InChI is InChI=1S/C13H19NO3S/c1-9(8-15)10(2)14-13(17)6-5-11(16)12-4-3-7-18-12/h3-4,7,9-10,15H,5-6,8H2,1-2H3,(H,14,17). The minimum Gasteiger partial charge on any atom is -0.396 e. The van der Waals surface area contributed by atoms with E-state index >= 15 is 0 Å². The van der Waals surface area contributed by atoms with E-state index in [0.29, 0.717) is 4.88 Å². The SMILES string of the molecule is CC(CO)C(C)NC(=O)CCC(=O)c1cccs1. The van der Waals surface area contributed by atoms with Gasteiger partial charge in [-0.15, -0.1) is 11.3 Å². The highest BCUT2D eigenvalue weighted by molar-refractivity contribution is 7.12. The van der Waals surface area contributed by atoms with Crippen LogP contribution in [0.5, 0.6) is 0 Å². The lowest BCUT2D eigenvalue weighted by molar-refractivity contribution is -0.122. The zero-order valence-corrected chi connectivity index (χ0v) is 11.5. The second kappa shape index (κ2) is 7.28. The number of hydrogen-bond donors (Lipinski definition) is 2. The molecular formula is C13H19NO3S. The molecule has 4 nitrogen and oxygen atoms in total. The fraction of sp³-hybridized carbons (Fsp3) is 0.538. The first-order chi connectivity index (χ1) is 8.54. The molecule has 0 aromatic carbocycles. The summed E-state index contributed by atoms with van der Waals surface area (Å²) in [5.41, 5.74) is 0. The van der Waals surface area contributed by atoms with Crippen molar-refractivity contribution in [3.05, 3.63) is 22.4 Å². The predicted octanol–water partition coefficient (Wildman–Crippen LogP) is 1.84. The summed E-state index contributed by atoms with van der Waals surface area (Å²) >= 11 is 1.39. The highest BCUT2D eigenvalue weighted by Gasteiger charge is 2.15. The number of aliphatic hydroxyl groups is 1. The highest BCUT2D eigenvalue weighted by atomic mass is 32.1. The molecule has 0 bridgehead atoms. The Labute approximate surface area is 111 Å². The third-order valence-electron chi connectivity index (χ3n) is 2.91. The van der Waals surface area contributed by atoms with Crippen LogP contribution in [0.25, 0.3) is 0 Å². The molecule has 0 aliphatic heterocycles. The summed E-state index contributed by atoms with van der Waals surface area (Å²) in [6, 6.07) is 3.50. The molecule has 1 heterocycles. The normalized spacial score (nSPS) is 13.9. The van der Waals surface area contributed by atoms with Crippen LogP contribution in [0, 0.1) is 5.92 Å². The average molecular weight is 269 g/mol. The van der Waals surface area contributed by atoms with Crippen molar-refractivity contribution in [2.75, 3.05) is 6.61 Å². The molecule has 2 atom stereocenters. The number of ketones is 1. The molecule has 100 valence electrons. The van der Waals surface area contributed by atoms with Crippen LogP contribution in [0.2, 0.25) is 0 Å². The van der Waals surface area contributed by atoms with E-state index in [1.54, 1.807) is 6.07 Å². The summed E-state index contributed by atoms with van der Waals surface area (Å²) < 4.78 is 0. The first-order valence-electron chi connectivity index (χ1n) is 6.01. The number of hydrogen-bond acceptors (Lipinski definition) is 4. The summed E-state index contributed by atoms with van der Waals surface area (Å²) in [6.07, 6.45) is 0.422. The van der Waals surface area contributed by atoms with Crippen molar-refractivity contribution in [3.8, 4) is 0 Å². The maximum absolute atomic E-state index is 11.7. The minimum atomic E-state index is -0.146. The van der Waals surface area contributed by atoms with Gasteiger partial charge in [-0.05, 0) is 24.3 Å². The van der Waals surface area contributed by atoms with E-state index in [1.807, 2.05) is 25.3 Å². The maximum atomic E-state index is 11.7. The summed E-state index contributed by atoms with van der Waals surface area (Å²) in [7, 11) is 0. The number of nitrogens with one attached hydrogen (secondary N) is 1. The van der Waals surface area contributed by atoms with Gasteiger partial charge in [-0.2, -0.15) is 0 Å². The van der Waals surface area contributed by atoms with Crippen molar-refractivity contribution in [1.29, 1.82) is 0 Å². The monoisotopic (exact) mass is 269 g/mol. The van der Waals surface area contributed by atoms with Gasteiger partial charge >= 0.3 is 0 Å². The highest BCUT2D eigenvalue weighted by Crippen LogP contribution is 2.12. The Bertz CT molecular complexity index is 389. The Morgan fingerprint density at radius 1 is 1.39 bits per heavy atom. The topological polar surface area (TPSA) is 66.4 Å². The summed E-state index contributed by atoms with van der Waals surface area (Å²) in [5.74, 6) is -0.127. The summed E-state index contributed by atoms with van der Waals surface area (Å²) in [4.78, 5) is 24.0. The van der Waals surface area contributed by atoms with E-state index in [2.05, 4.69) is 5.32 Å². The van der Waals surface area contributed by atoms with Gasteiger partial charge in [0, 0.05) is 25.5 Å². The van der Waals surface area contributed by atoms with E-state index in [9.17, 15) is 9.59 Å². The van der Waals surface area contributed by atoms with Crippen LogP contribution in [0.4, 0.5) is 0 Å². The van der Waals surface area contributed by atoms with Crippen LogP contribution in [0.1, 0.15) is 36.4 Å². The zero-order chi connectivity index (χ0) is 13.5. The van der Waals surface area contributed by atoms with Crippen LogP contribution in [-0.2, 0) is 4.79 Å². The molecule has 0 aliphatic rings. The van der Waals surface area contributed by atoms with Gasteiger partial charge in [-0.1, -0.05) is 13.0 Å². The lowest BCUT2D eigenvalue weighted by Gasteiger charge is -2.19. The van der Waals surface area contributed by atoms with E-state index < -0.39 is 0 Å². The molecule has 1 aromatic rings. The van der Waals surface area contributed by atoms with Crippen molar-refractivity contribution in [3.63, 3.8) is 0 Å². The predicted molar refractivity (Wildman–Crippen MR) is 71.7 cm³/mol. The summed E-state index contributed by atoms with van der Waals surface area (Å²) in [6.45, 7) is 3.75. The number of Topliss-reactive ketones (excluding diaryl/α,β-unsaturated/α-hetero) is 1. The molecule has 1 rings (SSSR count). The van der Waals surface area contributed by atoms with E-state index in [0.717, 1.165) is 0 Å². The van der Waals surface area contributed by atoms with Gasteiger partial charge < -0.3 is 10.4 Å². The molecule has 0 fully saturated rings. The second-order valence-corrected chi connectivity index (χ2v) is 5.36. The molecule has 0 radical (unpaired) electrons. The van der Waals surface area contributed by atoms with Crippen LogP contribution >= 0.6 is 11.3 Å². The third kappa shape index (κ3) is 4.58. The molecule has 0 spiro atoms. The molecule has 1 aromatic heterocycles. The lowest BCUT2D eigenvalue weighted by atomic mass is 10.0. The van der Waals surface area contributed by atoms with Gasteiger partial charge in [0.15, 0.2) is 5.78 Å². The van der Waals surface area contributed by atoms with Crippen LogP contribution in [-0.4, -0.2) is 29.4 Å². The van der Waals surface area contributed by atoms with Gasteiger partial charge in [0.1, 0.15) is 0 Å².